The average molecular weight is 356 g/mol. The Morgan fingerprint density at radius 1 is 1.12 bits per heavy atom. The maximum Gasteiger partial charge on any atom is 0.315 e. The van der Waals surface area contributed by atoms with E-state index in [-0.39, 0.29) is 29.9 Å². The zero-order valence-electron chi connectivity index (χ0n) is 14.0. The van der Waals surface area contributed by atoms with Crippen molar-refractivity contribution >= 4 is 29.6 Å². The first-order chi connectivity index (χ1) is 11.6. The number of urea groups is 1. The molecule has 136 valence electrons. The van der Waals surface area contributed by atoms with E-state index in [0.29, 0.717) is 24.6 Å². The lowest BCUT2D eigenvalue weighted by Gasteiger charge is -2.16. The number of carbonyl (C=O) groups is 3. The van der Waals surface area contributed by atoms with E-state index < -0.39 is 0 Å². The van der Waals surface area contributed by atoms with Crippen LogP contribution >= 0.6 is 11.8 Å². The van der Waals surface area contributed by atoms with Crippen LogP contribution in [-0.2, 0) is 9.59 Å². The van der Waals surface area contributed by atoms with Gasteiger partial charge >= 0.3 is 6.03 Å². The highest BCUT2D eigenvalue weighted by atomic mass is 32.2. The van der Waals surface area contributed by atoms with Crippen LogP contribution in [0.3, 0.4) is 0 Å². The van der Waals surface area contributed by atoms with Crippen LogP contribution in [-0.4, -0.2) is 47.5 Å². The van der Waals surface area contributed by atoms with E-state index in [0.717, 1.165) is 44.3 Å². The lowest BCUT2D eigenvalue weighted by molar-refractivity contribution is -0.121. The first kappa shape index (κ1) is 18.9. The lowest BCUT2D eigenvalue weighted by atomic mass is 10.0. The van der Waals surface area contributed by atoms with Crippen molar-refractivity contribution in [2.75, 3.05) is 12.3 Å². The summed E-state index contributed by atoms with van der Waals surface area (Å²) in [7, 11) is 0. The first-order valence-electron chi connectivity index (χ1n) is 8.80. The monoisotopic (exact) mass is 356 g/mol. The number of thioether (sulfide) groups is 1. The molecule has 5 N–H and O–H groups in total. The largest absolute Gasteiger partial charge is 0.370 e. The summed E-state index contributed by atoms with van der Waals surface area (Å²) in [5.74, 6) is 0.807. The van der Waals surface area contributed by atoms with E-state index in [1.807, 2.05) is 11.8 Å². The van der Waals surface area contributed by atoms with Crippen LogP contribution in [0.15, 0.2) is 0 Å². The third-order valence-corrected chi connectivity index (χ3v) is 6.01. The fourth-order valence-corrected chi connectivity index (χ4v) is 4.73. The summed E-state index contributed by atoms with van der Waals surface area (Å²) in [6, 6.07) is 0.465. The van der Waals surface area contributed by atoms with Gasteiger partial charge in [0.25, 0.3) is 0 Å². The predicted molar refractivity (Wildman–Crippen MR) is 94.6 cm³/mol. The molecule has 0 radical (unpaired) electrons. The first-order valence-corrected chi connectivity index (χ1v) is 9.85. The Morgan fingerprint density at radius 3 is 2.71 bits per heavy atom. The highest BCUT2D eigenvalue weighted by Crippen LogP contribution is 2.33. The third kappa shape index (κ3) is 6.22. The maximum absolute atomic E-state index is 11.7. The van der Waals surface area contributed by atoms with Gasteiger partial charge in [0.15, 0.2) is 0 Å². The Hall–Kier alpha value is -1.44. The van der Waals surface area contributed by atoms with E-state index in [1.165, 1.54) is 0 Å². The average Bonchev–Trinajstić information content (AvgIpc) is 3.06. The SMILES string of the molecule is NC(=O)CCCCCNC(=O)CCCC[C@@H]1SCC2NC(=O)N[C@@H]21. The van der Waals surface area contributed by atoms with Crippen molar-refractivity contribution in [3.05, 3.63) is 0 Å². The number of hydrogen-bond donors (Lipinski definition) is 4. The van der Waals surface area contributed by atoms with Crippen molar-refractivity contribution in [2.24, 2.45) is 5.73 Å². The number of rotatable bonds is 11. The van der Waals surface area contributed by atoms with E-state index >= 15 is 0 Å². The zero-order valence-corrected chi connectivity index (χ0v) is 14.8. The van der Waals surface area contributed by atoms with E-state index in [2.05, 4.69) is 16.0 Å². The van der Waals surface area contributed by atoms with Crippen LogP contribution < -0.4 is 21.7 Å². The minimum absolute atomic E-state index is 0.0505. The Morgan fingerprint density at radius 2 is 1.92 bits per heavy atom. The molecule has 2 fully saturated rings. The standard InChI is InChI=1S/C16H28N4O3S/c17-13(21)7-2-1-5-9-18-14(22)8-4-3-6-12-15-11(10-24-12)19-16(23)20-15/h11-12,15H,1-10H2,(H2,17,21)(H,18,22)(H2,19,20,23)/t11?,12-,15-/m0/s1. The zero-order chi connectivity index (χ0) is 17.4. The summed E-state index contributed by atoms with van der Waals surface area (Å²) in [5, 5.41) is 9.30. The van der Waals surface area contributed by atoms with Gasteiger partial charge in [-0.3, -0.25) is 9.59 Å². The number of amides is 4. The molecule has 0 spiro atoms. The fourth-order valence-electron chi connectivity index (χ4n) is 3.19. The second kappa shape index (κ2) is 9.76. The molecule has 8 heteroatoms. The van der Waals surface area contributed by atoms with Crippen LogP contribution in [0.2, 0.25) is 0 Å². The van der Waals surface area contributed by atoms with Gasteiger partial charge in [-0.15, -0.1) is 0 Å². The molecule has 0 aromatic rings. The Balaban J connectivity index is 1.45. The molecular formula is C16H28N4O3S. The second-order valence-electron chi connectivity index (χ2n) is 6.49. The number of fused-ring (bicyclic) bond motifs is 1. The van der Waals surface area contributed by atoms with Crippen LogP contribution in [0.4, 0.5) is 4.79 Å². The topological polar surface area (TPSA) is 113 Å². The molecule has 0 saturated carbocycles. The molecule has 4 amide bonds. The van der Waals surface area contributed by atoms with Gasteiger partial charge in [0.2, 0.25) is 11.8 Å². The number of primary amides is 1. The van der Waals surface area contributed by atoms with E-state index in [9.17, 15) is 14.4 Å². The molecule has 2 saturated heterocycles. The minimum Gasteiger partial charge on any atom is -0.370 e. The van der Waals surface area contributed by atoms with Crippen LogP contribution in [0.5, 0.6) is 0 Å². The highest BCUT2D eigenvalue weighted by molar-refractivity contribution is 8.00. The molecule has 3 atom stereocenters. The summed E-state index contributed by atoms with van der Waals surface area (Å²) in [4.78, 5) is 33.6. The Bertz CT molecular complexity index is 461. The van der Waals surface area contributed by atoms with E-state index in [1.54, 1.807) is 0 Å². The molecule has 2 rings (SSSR count). The molecule has 2 aliphatic rings. The van der Waals surface area contributed by atoms with Gasteiger partial charge in [-0.1, -0.05) is 12.8 Å². The number of nitrogens with one attached hydrogen (secondary N) is 3. The number of carbonyl (C=O) groups excluding carboxylic acids is 3. The molecular weight excluding hydrogens is 328 g/mol. The van der Waals surface area contributed by atoms with Crippen LogP contribution in [0, 0.1) is 0 Å². The van der Waals surface area contributed by atoms with Gasteiger partial charge in [-0.2, -0.15) is 11.8 Å². The lowest BCUT2D eigenvalue weighted by Crippen LogP contribution is -2.36. The van der Waals surface area contributed by atoms with Gasteiger partial charge in [-0.05, 0) is 25.7 Å². The summed E-state index contributed by atoms with van der Waals surface area (Å²) in [6.07, 6.45) is 6.47. The highest BCUT2D eigenvalue weighted by Gasteiger charge is 2.42. The number of hydrogen-bond acceptors (Lipinski definition) is 4. The molecule has 24 heavy (non-hydrogen) atoms. The summed E-state index contributed by atoms with van der Waals surface area (Å²) >= 11 is 1.91. The normalized spacial score (nSPS) is 25.0. The van der Waals surface area contributed by atoms with Crippen molar-refractivity contribution < 1.29 is 14.4 Å². The number of nitrogens with two attached hydrogens (primary N) is 1. The van der Waals surface area contributed by atoms with Crippen LogP contribution in [0.1, 0.15) is 51.4 Å². The molecule has 2 aliphatic heterocycles. The summed E-state index contributed by atoms with van der Waals surface area (Å²) < 4.78 is 0. The quantitative estimate of drug-likeness (QED) is 0.325. The van der Waals surface area contributed by atoms with Gasteiger partial charge in [-0.25, -0.2) is 4.79 Å². The van der Waals surface area contributed by atoms with Gasteiger partial charge in [0, 0.05) is 30.4 Å². The summed E-state index contributed by atoms with van der Waals surface area (Å²) in [6.45, 7) is 0.664. The number of unbranched alkanes of at least 4 members (excludes halogenated alkanes) is 3. The molecule has 0 bridgehead atoms. The molecule has 0 aromatic carbocycles. The molecule has 2 heterocycles. The van der Waals surface area contributed by atoms with Crippen molar-refractivity contribution in [2.45, 2.75) is 68.7 Å². The van der Waals surface area contributed by atoms with Crippen LogP contribution in [0.25, 0.3) is 0 Å². The third-order valence-electron chi connectivity index (χ3n) is 4.50. The predicted octanol–water partition coefficient (Wildman–Crippen LogP) is 0.874. The van der Waals surface area contributed by atoms with Crippen molar-refractivity contribution in [3.63, 3.8) is 0 Å². The minimum atomic E-state index is -0.265. The van der Waals surface area contributed by atoms with Crippen molar-refractivity contribution in [1.29, 1.82) is 0 Å². The fraction of sp³-hybridized carbons (Fsp3) is 0.812. The molecule has 0 aliphatic carbocycles. The summed E-state index contributed by atoms with van der Waals surface area (Å²) in [5.41, 5.74) is 5.07. The Labute approximate surface area is 147 Å². The van der Waals surface area contributed by atoms with Gasteiger partial charge in [0.05, 0.1) is 12.1 Å². The van der Waals surface area contributed by atoms with Crippen molar-refractivity contribution in [3.8, 4) is 0 Å². The second-order valence-corrected chi connectivity index (χ2v) is 7.77. The van der Waals surface area contributed by atoms with Gasteiger partial charge in [0.1, 0.15) is 0 Å². The van der Waals surface area contributed by atoms with Crippen molar-refractivity contribution in [1.82, 2.24) is 16.0 Å². The maximum atomic E-state index is 11.7. The molecule has 7 nitrogen and oxygen atoms in total. The Kier molecular flexibility index (Phi) is 7.68. The molecule has 0 aromatic heterocycles. The smallest absolute Gasteiger partial charge is 0.315 e. The van der Waals surface area contributed by atoms with E-state index in [4.69, 9.17) is 5.73 Å². The van der Waals surface area contributed by atoms with Gasteiger partial charge < -0.3 is 21.7 Å². The molecule has 1 unspecified atom stereocenters.